The summed E-state index contributed by atoms with van der Waals surface area (Å²) < 4.78 is 5.37. The van der Waals surface area contributed by atoms with Crippen molar-refractivity contribution in [3.8, 4) is 5.75 Å². The number of methoxy groups -OCH3 is 1. The van der Waals surface area contributed by atoms with Crippen LogP contribution in [0.3, 0.4) is 0 Å². The molecule has 1 aromatic carbocycles. The summed E-state index contributed by atoms with van der Waals surface area (Å²) in [7, 11) is 1.56. The molecule has 0 aliphatic heterocycles. The number of carbonyl (C=O) groups excluding carboxylic acids is 1. The van der Waals surface area contributed by atoms with Gasteiger partial charge >= 0.3 is 5.97 Å². The van der Waals surface area contributed by atoms with Gasteiger partial charge in [0.15, 0.2) is 0 Å². The number of carboxylic acid groups (broad SMARTS) is 1. The van der Waals surface area contributed by atoms with Crippen molar-refractivity contribution in [2.45, 2.75) is 32.6 Å². The van der Waals surface area contributed by atoms with Gasteiger partial charge in [0.05, 0.1) is 24.6 Å². The monoisotopic (exact) mass is 343 g/mol. The summed E-state index contributed by atoms with van der Waals surface area (Å²) in [5.74, 6) is -1.78. The second kappa shape index (κ2) is 6.21. The number of nitrogens with one attached hydrogen (secondary N) is 1. The summed E-state index contributed by atoms with van der Waals surface area (Å²) in [6.45, 7) is 6.30. The molecule has 5 heteroatoms. The third-order valence-electron chi connectivity index (χ3n) is 5.37. The fourth-order valence-electron chi connectivity index (χ4n) is 4.00. The maximum Gasteiger partial charge on any atom is 0.307 e. The molecular formula is C20H25NO4. The minimum absolute atomic E-state index is 0.00268. The molecule has 1 fully saturated rings. The first-order valence-electron chi connectivity index (χ1n) is 8.63. The van der Waals surface area contributed by atoms with E-state index in [1.807, 2.05) is 30.4 Å². The Hall–Kier alpha value is -2.30. The predicted molar refractivity (Wildman–Crippen MR) is 95.7 cm³/mol. The first kappa shape index (κ1) is 17.5. The number of aliphatic carboxylic acids is 1. The zero-order chi connectivity index (χ0) is 18.4. The Morgan fingerprint density at radius 1 is 1.16 bits per heavy atom. The lowest BCUT2D eigenvalue weighted by Gasteiger charge is -2.25. The van der Waals surface area contributed by atoms with E-state index in [0.29, 0.717) is 11.4 Å². The fourth-order valence-corrected chi connectivity index (χ4v) is 4.00. The molecule has 0 radical (unpaired) electrons. The van der Waals surface area contributed by atoms with Gasteiger partial charge < -0.3 is 15.2 Å². The molecule has 1 amide bonds. The lowest BCUT2D eigenvalue weighted by atomic mass is 9.82. The van der Waals surface area contributed by atoms with Gasteiger partial charge in [-0.3, -0.25) is 9.59 Å². The summed E-state index contributed by atoms with van der Waals surface area (Å²) in [4.78, 5) is 24.5. The number of amides is 1. The van der Waals surface area contributed by atoms with E-state index in [0.717, 1.165) is 12.0 Å². The lowest BCUT2D eigenvalue weighted by Crippen LogP contribution is -2.36. The van der Waals surface area contributed by atoms with E-state index in [1.54, 1.807) is 7.11 Å². The van der Waals surface area contributed by atoms with Gasteiger partial charge in [-0.25, -0.2) is 0 Å². The maximum absolute atomic E-state index is 12.9. The van der Waals surface area contributed by atoms with Crippen LogP contribution in [0.25, 0.3) is 0 Å². The molecule has 1 saturated carbocycles. The van der Waals surface area contributed by atoms with Gasteiger partial charge in [-0.1, -0.05) is 39.0 Å². The van der Waals surface area contributed by atoms with Gasteiger partial charge in [-0.2, -0.15) is 0 Å². The molecule has 0 aromatic heterocycles. The highest BCUT2D eigenvalue weighted by molar-refractivity contribution is 5.97. The van der Waals surface area contributed by atoms with Crippen LogP contribution in [-0.2, 0) is 15.0 Å². The van der Waals surface area contributed by atoms with Crippen LogP contribution in [0.2, 0.25) is 0 Å². The Morgan fingerprint density at radius 3 is 2.36 bits per heavy atom. The number of anilines is 1. The van der Waals surface area contributed by atoms with Crippen LogP contribution in [-0.4, -0.2) is 24.1 Å². The largest absolute Gasteiger partial charge is 0.495 e. The second-order valence-electron chi connectivity index (χ2n) is 7.99. The molecule has 3 rings (SSSR count). The highest BCUT2D eigenvalue weighted by Crippen LogP contribution is 2.48. The van der Waals surface area contributed by atoms with Crippen LogP contribution < -0.4 is 10.1 Å². The SMILES string of the molecule is COc1ccc(C(C)(C)C)cc1NC(=O)[C@H]1[C@H](C(=O)O)[C@H]2C=C[C@H]1C2. The number of ether oxygens (including phenoxy) is 1. The quantitative estimate of drug-likeness (QED) is 0.821. The topological polar surface area (TPSA) is 75.6 Å². The van der Waals surface area contributed by atoms with Crippen molar-refractivity contribution in [3.63, 3.8) is 0 Å². The Morgan fingerprint density at radius 2 is 1.80 bits per heavy atom. The number of hydrogen-bond acceptors (Lipinski definition) is 3. The Kier molecular flexibility index (Phi) is 4.35. The highest BCUT2D eigenvalue weighted by Gasteiger charge is 2.51. The minimum Gasteiger partial charge on any atom is -0.495 e. The van der Waals surface area contributed by atoms with E-state index >= 15 is 0 Å². The average molecular weight is 343 g/mol. The van der Waals surface area contributed by atoms with Crippen LogP contribution in [0.5, 0.6) is 5.75 Å². The summed E-state index contributed by atoms with van der Waals surface area (Å²) in [6, 6.07) is 5.73. The lowest BCUT2D eigenvalue weighted by molar-refractivity contribution is -0.146. The molecule has 0 spiro atoms. The molecule has 2 aliphatic carbocycles. The van der Waals surface area contributed by atoms with Crippen LogP contribution in [0.15, 0.2) is 30.4 Å². The molecule has 5 nitrogen and oxygen atoms in total. The van der Waals surface area contributed by atoms with E-state index in [-0.39, 0.29) is 23.2 Å². The Balaban J connectivity index is 1.88. The molecule has 1 aromatic rings. The van der Waals surface area contributed by atoms with Crippen molar-refractivity contribution in [1.82, 2.24) is 0 Å². The highest BCUT2D eigenvalue weighted by atomic mass is 16.5. The number of carbonyl (C=O) groups is 2. The molecule has 0 heterocycles. The van der Waals surface area contributed by atoms with Crippen LogP contribution in [0.1, 0.15) is 32.8 Å². The van der Waals surface area contributed by atoms with E-state index in [2.05, 4.69) is 26.1 Å². The number of rotatable bonds is 4. The summed E-state index contributed by atoms with van der Waals surface area (Å²) in [6.07, 6.45) is 4.67. The summed E-state index contributed by atoms with van der Waals surface area (Å²) in [5.41, 5.74) is 1.60. The normalized spacial score (nSPS) is 27.4. The minimum atomic E-state index is -0.896. The number of benzene rings is 1. The van der Waals surface area contributed by atoms with Crippen molar-refractivity contribution in [3.05, 3.63) is 35.9 Å². The van der Waals surface area contributed by atoms with E-state index in [9.17, 15) is 14.7 Å². The molecule has 134 valence electrons. The molecule has 4 atom stereocenters. The third kappa shape index (κ3) is 3.15. The zero-order valence-corrected chi connectivity index (χ0v) is 15.1. The van der Waals surface area contributed by atoms with Gasteiger partial charge in [-0.05, 0) is 41.4 Å². The smallest absolute Gasteiger partial charge is 0.307 e. The molecule has 0 unspecified atom stereocenters. The standard InChI is InChI=1S/C20H25NO4/c1-20(2,3)13-7-8-15(25-4)14(10-13)21-18(22)16-11-5-6-12(9-11)17(16)19(23)24/h5-8,10-12,16-17H,9H2,1-4H3,(H,21,22)(H,23,24)/t11-,12-,16+,17+/m0/s1. The van der Waals surface area contributed by atoms with Crippen molar-refractivity contribution in [2.24, 2.45) is 23.7 Å². The third-order valence-corrected chi connectivity index (χ3v) is 5.37. The first-order chi connectivity index (χ1) is 11.7. The Labute approximate surface area is 148 Å². The average Bonchev–Trinajstić information content (AvgIpc) is 3.14. The van der Waals surface area contributed by atoms with Gasteiger partial charge in [-0.15, -0.1) is 0 Å². The molecule has 2 N–H and O–H groups in total. The zero-order valence-electron chi connectivity index (χ0n) is 15.1. The first-order valence-corrected chi connectivity index (χ1v) is 8.63. The van der Waals surface area contributed by atoms with Gasteiger partial charge in [0.2, 0.25) is 5.91 Å². The maximum atomic E-state index is 12.9. The second-order valence-corrected chi connectivity index (χ2v) is 7.99. The van der Waals surface area contributed by atoms with Gasteiger partial charge in [0.1, 0.15) is 5.75 Å². The van der Waals surface area contributed by atoms with Gasteiger partial charge in [0.25, 0.3) is 0 Å². The molecule has 2 aliphatic rings. The number of hydrogen-bond donors (Lipinski definition) is 2. The van der Waals surface area contributed by atoms with E-state index < -0.39 is 17.8 Å². The molecule has 2 bridgehead atoms. The van der Waals surface area contributed by atoms with Crippen molar-refractivity contribution >= 4 is 17.6 Å². The van der Waals surface area contributed by atoms with Gasteiger partial charge in [0, 0.05) is 0 Å². The predicted octanol–water partition coefficient (Wildman–Crippen LogP) is 3.45. The molecule has 0 saturated heterocycles. The van der Waals surface area contributed by atoms with Crippen LogP contribution in [0.4, 0.5) is 5.69 Å². The number of allylic oxidation sites excluding steroid dienone is 2. The number of carboxylic acids is 1. The van der Waals surface area contributed by atoms with Crippen LogP contribution >= 0.6 is 0 Å². The summed E-state index contributed by atoms with van der Waals surface area (Å²) in [5, 5.41) is 12.5. The van der Waals surface area contributed by atoms with Crippen molar-refractivity contribution < 1.29 is 19.4 Å². The van der Waals surface area contributed by atoms with E-state index in [4.69, 9.17) is 4.74 Å². The summed E-state index contributed by atoms with van der Waals surface area (Å²) >= 11 is 0. The van der Waals surface area contributed by atoms with Crippen molar-refractivity contribution in [1.29, 1.82) is 0 Å². The fraction of sp³-hybridized carbons (Fsp3) is 0.500. The molecular weight excluding hydrogens is 318 g/mol. The Bertz CT molecular complexity index is 732. The molecule has 25 heavy (non-hydrogen) atoms. The van der Waals surface area contributed by atoms with E-state index in [1.165, 1.54) is 0 Å². The van der Waals surface area contributed by atoms with Crippen LogP contribution in [0, 0.1) is 23.7 Å². The number of fused-ring (bicyclic) bond motifs is 2. The van der Waals surface area contributed by atoms with Crippen molar-refractivity contribution in [2.75, 3.05) is 12.4 Å².